The Morgan fingerprint density at radius 3 is 2.50 bits per heavy atom. The maximum Gasteiger partial charge on any atom is 0.336 e. The lowest BCUT2D eigenvalue weighted by Crippen LogP contribution is -1.99. The molecule has 6 nitrogen and oxygen atoms in total. The fourth-order valence-corrected chi connectivity index (χ4v) is 2.98. The van der Waals surface area contributed by atoms with Gasteiger partial charge in [-0.2, -0.15) is 0 Å². The second-order valence-corrected chi connectivity index (χ2v) is 5.77. The van der Waals surface area contributed by atoms with E-state index < -0.39 is 11.9 Å². The number of rotatable bonds is 3. The first-order valence-electron chi connectivity index (χ1n) is 7.80. The molecule has 0 aliphatic carbocycles. The van der Waals surface area contributed by atoms with Gasteiger partial charge in [0.25, 0.3) is 0 Å². The van der Waals surface area contributed by atoms with E-state index in [1.807, 2.05) is 6.07 Å². The summed E-state index contributed by atoms with van der Waals surface area (Å²) in [4.78, 5) is 31.5. The van der Waals surface area contributed by atoms with Gasteiger partial charge in [-0.1, -0.05) is 24.3 Å². The van der Waals surface area contributed by atoms with Gasteiger partial charge in [-0.05, 0) is 30.3 Å². The third-order valence-corrected chi connectivity index (χ3v) is 4.21. The Kier molecular flexibility index (Phi) is 3.58. The van der Waals surface area contributed by atoms with Crippen LogP contribution in [0.25, 0.3) is 33.1 Å². The van der Waals surface area contributed by atoms with E-state index in [2.05, 4.69) is 9.97 Å². The SMILES string of the molecule is O=C(O)c1ccc2nc(-c3cccc4c(C(=O)O)ccnc34)ccc2c1. The van der Waals surface area contributed by atoms with E-state index in [-0.39, 0.29) is 11.1 Å². The highest BCUT2D eigenvalue weighted by atomic mass is 16.4. The van der Waals surface area contributed by atoms with Crippen LogP contribution in [0.5, 0.6) is 0 Å². The molecule has 26 heavy (non-hydrogen) atoms. The summed E-state index contributed by atoms with van der Waals surface area (Å²) in [6.45, 7) is 0. The summed E-state index contributed by atoms with van der Waals surface area (Å²) >= 11 is 0. The molecule has 2 aromatic carbocycles. The highest BCUT2D eigenvalue weighted by Crippen LogP contribution is 2.29. The van der Waals surface area contributed by atoms with E-state index in [0.29, 0.717) is 27.5 Å². The molecular formula is C20H12N2O4. The zero-order valence-corrected chi connectivity index (χ0v) is 13.4. The number of para-hydroxylation sites is 1. The van der Waals surface area contributed by atoms with E-state index in [0.717, 1.165) is 5.56 Å². The Labute approximate surface area is 147 Å². The van der Waals surface area contributed by atoms with Crippen molar-refractivity contribution in [3.8, 4) is 11.3 Å². The predicted molar refractivity (Wildman–Crippen MR) is 96.4 cm³/mol. The number of carbonyl (C=O) groups is 2. The van der Waals surface area contributed by atoms with Crippen LogP contribution in [0.4, 0.5) is 0 Å². The van der Waals surface area contributed by atoms with Crippen LogP contribution in [0, 0.1) is 0 Å². The first-order valence-corrected chi connectivity index (χ1v) is 7.80. The lowest BCUT2D eigenvalue weighted by atomic mass is 10.0. The highest BCUT2D eigenvalue weighted by Gasteiger charge is 2.13. The number of carboxylic acid groups (broad SMARTS) is 2. The fraction of sp³-hybridized carbons (Fsp3) is 0. The van der Waals surface area contributed by atoms with Crippen LogP contribution in [0.3, 0.4) is 0 Å². The Balaban J connectivity index is 1.92. The summed E-state index contributed by atoms with van der Waals surface area (Å²) in [5, 5.41) is 19.7. The number of pyridine rings is 2. The maximum absolute atomic E-state index is 11.4. The Bertz CT molecular complexity index is 1200. The number of hydrogen-bond acceptors (Lipinski definition) is 4. The van der Waals surface area contributed by atoms with Crippen molar-refractivity contribution < 1.29 is 19.8 Å². The third-order valence-electron chi connectivity index (χ3n) is 4.21. The molecule has 2 heterocycles. The van der Waals surface area contributed by atoms with E-state index in [1.165, 1.54) is 18.3 Å². The molecule has 0 saturated heterocycles. The Morgan fingerprint density at radius 1 is 0.885 bits per heavy atom. The van der Waals surface area contributed by atoms with Gasteiger partial charge in [0.1, 0.15) is 0 Å². The molecule has 0 amide bonds. The summed E-state index contributed by atoms with van der Waals surface area (Å²) in [5.41, 5.74) is 2.95. The number of benzene rings is 2. The molecule has 6 heteroatoms. The predicted octanol–water partition coefficient (Wildman–Crippen LogP) is 3.85. The summed E-state index contributed by atoms with van der Waals surface area (Å²) < 4.78 is 0. The van der Waals surface area contributed by atoms with Crippen LogP contribution >= 0.6 is 0 Å². The summed E-state index contributed by atoms with van der Waals surface area (Å²) in [5.74, 6) is -2.00. The van der Waals surface area contributed by atoms with E-state index >= 15 is 0 Å². The van der Waals surface area contributed by atoms with Crippen LogP contribution in [-0.2, 0) is 0 Å². The fourth-order valence-electron chi connectivity index (χ4n) is 2.98. The Morgan fingerprint density at radius 2 is 1.73 bits per heavy atom. The first-order chi connectivity index (χ1) is 12.5. The number of aromatic carboxylic acids is 2. The molecular weight excluding hydrogens is 332 g/mol. The van der Waals surface area contributed by atoms with Crippen molar-refractivity contribution in [1.29, 1.82) is 0 Å². The summed E-state index contributed by atoms with van der Waals surface area (Å²) in [6, 6.07) is 15.1. The van der Waals surface area contributed by atoms with Crippen molar-refractivity contribution in [1.82, 2.24) is 9.97 Å². The molecule has 0 aliphatic rings. The molecule has 0 radical (unpaired) electrons. The van der Waals surface area contributed by atoms with Gasteiger partial charge < -0.3 is 10.2 Å². The standard InChI is InChI=1S/C20H12N2O4/c23-19(24)12-5-6-16-11(10-12)4-7-17(22-16)15-3-1-2-13-14(20(25)26)8-9-21-18(13)15/h1-10H,(H,23,24)(H,25,26). The van der Waals surface area contributed by atoms with Crippen LogP contribution in [0.1, 0.15) is 20.7 Å². The van der Waals surface area contributed by atoms with Crippen molar-refractivity contribution in [2.45, 2.75) is 0 Å². The molecule has 0 aliphatic heterocycles. The van der Waals surface area contributed by atoms with E-state index in [4.69, 9.17) is 5.11 Å². The lowest BCUT2D eigenvalue weighted by Gasteiger charge is -2.08. The average Bonchev–Trinajstić information content (AvgIpc) is 2.66. The van der Waals surface area contributed by atoms with Crippen molar-refractivity contribution in [2.24, 2.45) is 0 Å². The summed E-state index contributed by atoms with van der Waals surface area (Å²) in [6.07, 6.45) is 1.47. The number of carboxylic acids is 2. The van der Waals surface area contributed by atoms with Gasteiger partial charge in [-0.3, -0.25) is 4.98 Å². The minimum absolute atomic E-state index is 0.184. The van der Waals surface area contributed by atoms with E-state index in [9.17, 15) is 14.7 Å². The number of aromatic nitrogens is 2. The molecule has 0 saturated carbocycles. The van der Waals surface area contributed by atoms with Crippen molar-refractivity contribution >= 4 is 33.7 Å². The van der Waals surface area contributed by atoms with E-state index in [1.54, 1.807) is 36.4 Å². The topological polar surface area (TPSA) is 100 Å². The highest BCUT2D eigenvalue weighted by molar-refractivity contribution is 6.06. The van der Waals surface area contributed by atoms with Gasteiger partial charge in [0.2, 0.25) is 0 Å². The van der Waals surface area contributed by atoms with Gasteiger partial charge in [0.05, 0.1) is 27.9 Å². The van der Waals surface area contributed by atoms with Crippen molar-refractivity contribution in [2.75, 3.05) is 0 Å². The van der Waals surface area contributed by atoms with Crippen LogP contribution in [0.15, 0.2) is 60.8 Å². The molecule has 0 fully saturated rings. The Hall–Kier alpha value is -3.80. The van der Waals surface area contributed by atoms with Crippen molar-refractivity contribution in [3.63, 3.8) is 0 Å². The molecule has 0 unspecified atom stereocenters. The summed E-state index contributed by atoms with van der Waals surface area (Å²) in [7, 11) is 0. The molecule has 4 rings (SSSR count). The zero-order chi connectivity index (χ0) is 18.3. The largest absolute Gasteiger partial charge is 0.478 e. The third kappa shape index (κ3) is 2.53. The zero-order valence-electron chi connectivity index (χ0n) is 13.4. The molecule has 2 aromatic heterocycles. The normalized spacial score (nSPS) is 10.9. The maximum atomic E-state index is 11.4. The number of hydrogen-bond donors (Lipinski definition) is 2. The minimum Gasteiger partial charge on any atom is -0.478 e. The monoisotopic (exact) mass is 344 g/mol. The van der Waals surface area contributed by atoms with Crippen LogP contribution < -0.4 is 0 Å². The second kappa shape index (κ2) is 5.93. The van der Waals surface area contributed by atoms with Crippen LogP contribution in [-0.4, -0.2) is 32.1 Å². The average molecular weight is 344 g/mol. The minimum atomic E-state index is -1.01. The van der Waals surface area contributed by atoms with Gasteiger partial charge in [-0.25, -0.2) is 14.6 Å². The number of fused-ring (bicyclic) bond motifs is 2. The number of nitrogens with zero attached hydrogens (tertiary/aromatic N) is 2. The molecule has 0 spiro atoms. The molecule has 126 valence electrons. The van der Waals surface area contributed by atoms with Gasteiger partial charge in [-0.15, -0.1) is 0 Å². The molecule has 0 atom stereocenters. The molecule has 4 aromatic rings. The quantitative estimate of drug-likeness (QED) is 0.585. The van der Waals surface area contributed by atoms with Gasteiger partial charge in [0, 0.05) is 22.5 Å². The second-order valence-electron chi connectivity index (χ2n) is 5.77. The van der Waals surface area contributed by atoms with Crippen LogP contribution in [0.2, 0.25) is 0 Å². The molecule has 2 N–H and O–H groups in total. The molecule has 0 bridgehead atoms. The van der Waals surface area contributed by atoms with Gasteiger partial charge in [0.15, 0.2) is 0 Å². The van der Waals surface area contributed by atoms with Gasteiger partial charge >= 0.3 is 11.9 Å². The lowest BCUT2D eigenvalue weighted by molar-refractivity contribution is 0.0687. The van der Waals surface area contributed by atoms with Crippen molar-refractivity contribution in [3.05, 3.63) is 71.9 Å². The smallest absolute Gasteiger partial charge is 0.336 e. The first kappa shape index (κ1) is 15.7.